The molecule has 2 fully saturated rings. The van der Waals surface area contributed by atoms with Crippen LogP contribution < -0.4 is 10.7 Å². The number of ether oxygens (including phenoxy) is 1. The second-order valence-electron chi connectivity index (χ2n) is 7.18. The van der Waals surface area contributed by atoms with Gasteiger partial charge in [-0.1, -0.05) is 0 Å². The molecule has 1 aromatic rings. The number of carboxylic acids is 1. The Morgan fingerprint density at radius 2 is 2.04 bits per heavy atom. The van der Waals surface area contributed by atoms with E-state index < -0.39 is 39.7 Å². The number of nitrogens with zero attached hydrogens (tertiary/aromatic N) is 2. The van der Waals surface area contributed by atoms with Gasteiger partial charge in [0, 0.05) is 35.9 Å². The molecule has 2 aliphatic heterocycles. The molecule has 2 N–H and O–H groups in total. The van der Waals surface area contributed by atoms with Crippen molar-refractivity contribution < 1.29 is 24.2 Å². The number of carbonyl (C=O) groups excluding carboxylic acids is 2. The Labute approximate surface area is 159 Å². The summed E-state index contributed by atoms with van der Waals surface area (Å²) >= 11 is 1.28. The van der Waals surface area contributed by atoms with Gasteiger partial charge in [-0.15, -0.1) is 11.8 Å². The molecule has 2 saturated heterocycles. The van der Waals surface area contributed by atoms with Crippen LogP contribution in [0.4, 0.5) is 0 Å². The van der Waals surface area contributed by atoms with E-state index >= 15 is 0 Å². The van der Waals surface area contributed by atoms with E-state index in [1.54, 1.807) is 27.0 Å². The van der Waals surface area contributed by atoms with Gasteiger partial charge in [-0.2, -0.15) is 0 Å². The highest BCUT2D eigenvalue weighted by Gasteiger charge is 2.73. The Bertz CT molecular complexity index is 882. The van der Waals surface area contributed by atoms with Crippen molar-refractivity contribution in [3.05, 3.63) is 34.2 Å². The number of aryl methyl sites for hydroxylation is 1. The van der Waals surface area contributed by atoms with E-state index in [0.717, 1.165) is 0 Å². The topological polar surface area (TPSA) is 118 Å². The van der Waals surface area contributed by atoms with Gasteiger partial charge in [0.25, 0.3) is 11.6 Å². The molecule has 0 aromatic carbocycles. The van der Waals surface area contributed by atoms with Gasteiger partial charge in [-0.25, -0.2) is 4.79 Å². The van der Waals surface area contributed by atoms with Gasteiger partial charge in [0.05, 0.1) is 0 Å². The molecule has 1 unspecified atom stereocenters. The van der Waals surface area contributed by atoms with E-state index in [2.05, 4.69) is 5.32 Å². The molecule has 3 rings (SSSR count). The molecule has 0 radical (unpaired) electrons. The van der Waals surface area contributed by atoms with E-state index in [-0.39, 0.29) is 12.0 Å². The van der Waals surface area contributed by atoms with E-state index in [4.69, 9.17) is 4.74 Å². The molecule has 10 heteroatoms. The van der Waals surface area contributed by atoms with Crippen molar-refractivity contribution >= 4 is 29.5 Å². The lowest BCUT2D eigenvalue weighted by Crippen LogP contribution is -2.80. The summed E-state index contributed by atoms with van der Waals surface area (Å²) in [6.07, 6.45) is 3.03. The highest BCUT2D eigenvalue weighted by atomic mass is 32.2. The molecule has 3 heterocycles. The van der Waals surface area contributed by atoms with Gasteiger partial charge < -0.3 is 24.6 Å². The van der Waals surface area contributed by atoms with E-state index in [1.807, 2.05) is 0 Å². The zero-order chi connectivity index (χ0) is 20.1. The smallest absolute Gasteiger partial charge is 0.327 e. The Hall–Kier alpha value is -2.33. The van der Waals surface area contributed by atoms with Gasteiger partial charge in [0.15, 0.2) is 5.43 Å². The first-order valence-corrected chi connectivity index (χ1v) is 9.17. The lowest BCUT2D eigenvalue weighted by molar-refractivity contribution is -0.201. The highest BCUT2D eigenvalue weighted by molar-refractivity contribution is 8.01. The number of nitrogens with one attached hydrogen (secondary N) is 1. The molecule has 146 valence electrons. The number of hydrogen-bond acceptors (Lipinski definition) is 6. The predicted molar refractivity (Wildman–Crippen MR) is 97.0 cm³/mol. The Morgan fingerprint density at radius 1 is 1.37 bits per heavy atom. The number of hydrogen-bond donors (Lipinski definition) is 2. The first-order chi connectivity index (χ1) is 12.5. The summed E-state index contributed by atoms with van der Waals surface area (Å²) in [7, 11) is 1.31. The minimum absolute atomic E-state index is 0.108. The number of thioether (sulfide) groups is 1. The minimum atomic E-state index is -1.60. The van der Waals surface area contributed by atoms with Crippen LogP contribution in [0.1, 0.15) is 19.4 Å². The first-order valence-electron chi connectivity index (χ1n) is 8.30. The number of aliphatic carboxylic acids is 1. The summed E-state index contributed by atoms with van der Waals surface area (Å²) in [6.45, 7) is 5.02. The summed E-state index contributed by atoms with van der Waals surface area (Å²) in [5.41, 5.74) is -1.23. The average molecular weight is 395 g/mol. The van der Waals surface area contributed by atoms with Crippen LogP contribution in [0.15, 0.2) is 23.3 Å². The normalized spacial score (nSPS) is 28.4. The summed E-state index contributed by atoms with van der Waals surface area (Å²) in [5, 5.41) is 11.5. The second kappa shape index (κ2) is 6.38. The maximum absolute atomic E-state index is 12.7. The fourth-order valence-corrected chi connectivity index (χ4v) is 5.22. The number of carbonyl (C=O) groups is 3. The summed E-state index contributed by atoms with van der Waals surface area (Å²) in [5.74, 6) is -2.15. The zero-order valence-corrected chi connectivity index (χ0v) is 16.2. The fraction of sp³-hybridized carbons (Fsp3) is 0.529. The van der Waals surface area contributed by atoms with Crippen LogP contribution in [-0.2, 0) is 25.7 Å². The quantitative estimate of drug-likeness (QED) is 0.522. The van der Waals surface area contributed by atoms with Crippen LogP contribution in [0.25, 0.3) is 0 Å². The number of β-lactam (4-membered cyclic amide) rings is 1. The standard InChI is InChI=1S/C17H21N3O6S/c1-9-7-19(6-5-10(9)21)8-11(22)18-17(26-4)14(25)20-12(13(23)24)16(2,3)27-15(17)20/h5-7,12,15H,8H2,1-4H3,(H,18,22)(H,23,24)/t12-,15+,17?/m0/s1. The molecule has 0 spiro atoms. The number of carboxylic acid groups (broad SMARTS) is 1. The molecule has 0 saturated carbocycles. The number of fused-ring (bicyclic) bond motifs is 1. The fourth-order valence-electron chi connectivity index (χ4n) is 3.54. The monoisotopic (exact) mass is 395 g/mol. The molecule has 1 aromatic heterocycles. The Kier molecular flexibility index (Phi) is 4.59. The van der Waals surface area contributed by atoms with Crippen LogP contribution in [0.5, 0.6) is 0 Å². The molecule has 0 bridgehead atoms. The molecular formula is C17H21N3O6S. The minimum Gasteiger partial charge on any atom is -0.480 e. The maximum atomic E-state index is 12.7. The van der Waals surface area contributed by atoms with Gasteiger partial charge in [0.1, 0.15) is 18.0 Å². The third kappa shape index (κ3) is 2.92. The van der Waals surface area contributed by atoms with E-state index in [9.17, 15) is 24.3 Å². The van der Waals surface area contributed by atoms with Crippen LogP contribution in [0.3, 0.4) is 0 Å². The molecule has 2 aliphatic rings. The third-order valence-electron chi connectivity index (χ3n) is 4.88. The lowest BCUT2D eigenvalue weighted by atomic mass is 9.93. The third-order valence-corrected chi connectivity index (χ3v) is 6.49. The van der Waals surface area contributed by atoms with Gasteiger partial charge in [-0.3, -0.25) is 14.4 Å². The summed E-state index contributed by atoms with van der Waals surface area (Å²) < 4.78 is 6.18. The van der Waals surface area contributed by atoms with Crippen LogP contribution in [0.2, 0.25) is 0 Å². The van der Waals surface area contributed by atoms with Crippen molar-refractivity contribution in [3.63, 3.8) is 0 Å². The number of pyridine rings is 1. The summed E-state index contributed by atoms with van der Waals surface area (Å²) in [4.78, 5) is 49.6. The Balaban J connectivity index is 1.80. The van der Waals surface area contributed by atoms with Gasteiger partial charge in [0.2, 0.25) is 5.91 Å². The maximum Gasteiger partial charge on any atom is 0.327 e. The van der Waals surface area contributed by atoms with Crippen molar-refractivity contribution in [2.45, 2.75) is 49.2 Å². The van der Waals surface area contributed by atoms with Gasteiger partial charge >= 0.3 is 5.97 Å². The zero-order valence-electron chi connectivity index (χ0n) is 15.4. The molecule has 27 heavy (non-hydrogen) atoms. The molecule has 3 atom stereocenters. The number of rotatable bonds is 5. The van der Waals surface area contributed by atoms with Crippen molar-refractivity contribution in [1.29, 1.82) is 0 Å². The van der Waals surface area contributed by atoms with Crippen molar-refractivity contribution in [2.24, 2.45) is 0 Å². The van der Waals surface area contributed by atoms with E-state index in [1.165, 1.54) is 40.6 Å². The SMILES string of the molecule is COC1(NC(=O)Cn2ccc(=O)c(C)c2)C(=O)N2[C@@H](C(=O)O)C(C)(C)S[C@@H]21. The highest BCUT2D eigenvalue weighted by Crippen LogP contribution is 2.55. The van der Waals surface area contributed by atoms with Crippen molar-refractivity contribution in [2.75, 3.05) is 7.11 Å². The van der Waals surface area contributed by atoms with Crippen LogP contribution in [-0.4, -0.2) is 61.4 Å². The first kappa shape index (κ1) is 19.4. The molecule has 0 aliphatic carbocycles. The molecule has 2 amide bonds. The van der Waals surface area contributed by atoms with Crippen LogP contribution >= 0.6 is 11.8 Å². The van der Waals surface area contributed by atoms with Crippen molar-refractivity contribution in [1.82, 2.24) is 14.8 Å². The van der Waals surface area contributed by atoms with Gasteiger partial charge in [-0.05, 0) is 20.8 Å². The second-order valence-corrected chi connectivity index (χ2v) is 8.91. The van der Waals surface area contributed by atoms with E-state index in [0.29, 0.717) is 5.56 Å². The lowest BCUT2D eigenvalue weighted by Gasteiger charge is -2.51. The predicted octanol–water partition coefficient (Wildman–Crippen LogP) is -0.237. The Morgan fingerprint density at radius 3 is 2.59 bits per heavy atom. The largest absolute Gasteiger partial charge is 0.480 e. The number of methoxy groups -OCH3 is 1. The van der Waals surface area contributed by atoms with Crippen molar-refractivity contribution in [3.8, 4) is 0 Å². The average Bonchev–Trinajstić information content (AvgIpc) is 2.85. The van der Waals surface area contributed by atoms with Crippen LogP contribution in [0, 0.1) is 6.92 Å². The summed E-state index contributed by atoms with van der Waals surface area (Å²) in [6, 6.07) is 0.361. The molecule has 9 nitrogen and oxygen atoms in total. The molecular weight excluding hydrogens is 374 g/mol. The number of aromatic nitrogens is 1. The number of amides is 2.